The van der Waals surface area contributed by atoms with Gasteiger partial charge < -0.3 is 20.5 Å². The summed E-state index contributed by atoms with van der Waals surface area (Å²) in [6, 6.07) is 27.6. The number of hydrogen-bond acceptors (Lipinski definition) is 7. The molecule has 0 aliphatic carbocycles. The largest absolute Gasteiger partial charge is 0.508 e. The summed E-state index contributed by atoms with van der Waals surface area (Å²) in [5, 5.41) is 25.3. The van der Waals surface area contributed by atoms with E-state index in [0.717, 1.165) is 58.2 Å². The molecule has 2 heterocycles. The molecule has 0 spiro atoms. The van der Waals surface area contributed by atoms with E-state index in [1.54, 1.807) is 47.3 Å². The molecule has 6 rings (SSSR count). The van der Waals surface area contributed by atoms with Crippen LogP contribution in [-0.4, -0.2) is 30.9 Å². The van der Waals surface area contributed by atoms with Crippen LogP contribution in [0.25, 0.3) is 16.5 Å². The number of nitrogens with one attached hydrogen (secondary N) is 3. The number of aryl methyl sites for hydroxylation is 3. The number of benzene rings is 4. The van der Waals surface area contributed by atoms with Crippen molar-refractivity contribution >= 4 is 39.9 Å². The SMILES string of the molecule is CCCCc1cc(NC(=O)Nc2ccc(Oc3ccnc(Nc4ccc(O)cc4C)n3)c3ccccc23)n(-c2ccc(C)cc2)n1. The fraction of sp³-hybridized carbons (Fsp3) is 0.167. The van der Waals surface area contributed by atoms with Crippen molar-refractivity contribution in [1.29, 1.82) is 0 Å². The minimum atomic E-state index is -0.384. The summed E-state index contributed by atoms with van der Waals surface area (Å²) in [6.45, 7) is 6.07. The second kappa shape index (κ2) is 13.4. The maximum atomic E-state index is 13.4. The van der Waals surface area contributed by atoms with Crippen molar-refractivity contribution in [3.05, 3.63) is 114 Å². The van der Waals surface area contributed by atoms with Crippen LogP contribution in [0.5, 0.6) is 17.4 Å². The topological polar surface area (TPSA) is 126 Å². The van der Waals surface area contributed by atoms with Gasteiger partial charge in [0.2, 0.25) is 11.8 Å². The van der Waals surface area contributed by atoms with Gasteiger partial charge in [0, 0.05) is 34.8 Å². The van der Waals surface area contributed by atoms with Crippen molar-refractivity contribution in [2.45, 2.75) is 40.0 Å². The van der Waals surface area contributed by atoms with Crippen molar-refractivity contribution in [2.75, 3.05) is 16.0 Å². The number of rotatable bonds is 10. The van der Waals surface area contributed by atoms with Crippen molar-refractivity contribution in [3.63, 3.8) is 0 Å². The van der Waals surface area contributed by atoms with Gasteiger partial charge in [-0.25, -0.2) is 14.5 Å². The van der Waals surface area contributed by atoms with E-state index in [4.69, 9.17) is 9.84 Å². The monoisotopic (exact) mass is 613 g/mol. The first-order valence-corrected chi connectivity index (χ1v) is 15.2. The summed E-state index contributed by atoms with van der Waals surface area (Å²) in [5.74, 6) is 2.06. The van der Waals surface area contributed by atoms with E-state index in [9.17, 15) is 9.90 Å². The molecular formula is C36H35N7O3. The highest BCUT2D eigenvalue weighted by Crippen LogP contribution is 2.34. The summed E-state index contributed by atoms with van der Waals surface area (Å²) in [5.41, 5.74) is 5.19. The zero-order chi connectivity index (χ0) is 32.0. The lowest BCUT2D eigenvalue weighted by molar-refractivity contribution is 0.262. The molecule has 46 heavy (non-hydrogen) atoms. The Morgan fingerprint density at radius 3 is 2.46 bits per heavy atom. The van der Waals surface area contributed by atoms with Crippen LogP contribution in [0.3, 0.4) is 0 Å². The van der Waals surface area contributed by atoms with Crippen LogP contribution in [0, 0.1) is 13.8 Å². The maximum Gasteiger partial charge on any atom is 0.324 e. The van der Waals surface area contributed by atoms with Gasteiger partial charge >= 0.3 is 6.03 Å². The summed E-state index contributed by atoms with van der Waals surface area (Å²) >= 11 is 0. The molecule has 0 saturated carbocycles. The van der Waals surface area contributed by atoms with Crippen LogP contribution >= 0.6 is 0 Å². The molecule has 6 aromatic rings. The van der Waals surface area contributed by atoms with Crippen LogP contribution in [0.2, 0.25) is 0 Å². The predicted octanol–water partition coefficient (Wildman–Crippen LogP) is 8.66. The Morgan fingerprint density at radius 2 is 1.67 bits per heavy atom. The first-order chi connectivity index (χ1) is 22.4. The maximum absolute atomic E-state index is 13.4. The number of fused-ring (bicyclic) bond motifs is 1. The Labute approximate surface area is 267 Å². The molecule has 10 heteroatoms. The molecule has 232 valence electrons. The number of nitrogens with zero attached hydrogens (tertiary/aromatic N) is 4. The summed E-state index contributed by atoms with van der Waals surface area (Å²) < 4.78 is 7.98. The molecule has 0 bridgehead atoms. The quantitative estimate of drug-likeness (QED) is 0.114. The summed E-state index contributed by atoms with van der Waals surface area (Å²) in [7, 11) is 0. The van der Waals surface area contributed by atoms with Crippen LogP contribution in [0.15, 0.2) is 97.2 Å². The molecule has 0 atom stereocenters. The third-order valence-corrected chi connectivity index (χ3v) is 7.50. The number of urea groups is 1. The molecule has 0 saturated heterocycles. The molecule has 10 nitrogen and oxygen atoms in total. The van der Waals surface area contributed by atoms with Crippen molar-refractivity contribution < 1.29 is 14.6 Å². The lowest BCUT2D eigenvalue weighted by atomic mass is 10.1. The fourth-order valence-corrected chi connectivity index (χ4v) is 5.10. The van der Waals surface area contributed by atoms with Crippen molar-refractivity contribution in [1.82, 2.24) is 19.7 Å². The van der Waals surface area contributed by atoms with Crippen LogP contribution in [-0.2, 0) is 6.42 Å². The lowest BCUT2D eigenvalue weighted by Crippen LogP contribution is -2.21. The minimum absolute atomic E-state index is 0.189. The van der Waals surface area contributed by atoms with Crippen LogP contribution < -0.4 is 20.7 Å². The van der Waals surface area contributed by atoms with Gasteiger partial charge in [-0.1, -0.05) is 55.3 Å². The van der Waals surface area contributed by atoms with Gasteiger partial charge in [-0.3, -0.25) is 5.32 Å². The zero-order valence-corrected chi connectivity index (χ0v) is 25.9. The van der Waals surface area contributed by atoms with E-state index in [2.05, 4.69) is 32.8 Å². The molecule has 4 aromatic carbocycles. The van der Waals surface area contributed by atoms with Gasteiger partial charge in [0.05, 0.1) is 17.1 Å². The molecule has 0 aliphatic heterocycles. The number of phenols is 1. The van der Waals surface area contributed by atoms with Gasteiger partial charge in [-0.2, -0.15) is 10.1 Å². The Balaban J connectivity index is 1.21. The molecule has 0 aliphatic rings. The highest BCUT2D eigenvalue weighted by molar-refractivity contribution is 6.07. The van der Waals surface area contributed by atoms with Crippen LogP contribution in [0.1, 0.15) is 36.6 Å². The average molecular weight is 614 g/mol. The van der Waals surface area contributed by atoms with Gasteiger partial charge in [0.25, 0.3) is 0 Å². The average Bonchev–Trinajstić information content (AvgIpc) is 3.45. The Bertz CT molecular complexity index is 2000. The van der Waals surface area contributed by atoms with E-state index < -0.39 is 0 Å². The summed E-state index contributed by atoms with van der Waals surface area (Å²) in [6.07, 6.45) is 4.51. The Hall–Kier alpha value is -5.90. The van der Waals surface area contributed by atoms with Crippen LogP contribution in [0.4, 0.5) is 27.9 Å². The number of unbranched alkanes of at least 4 members (excludes halogenated alkanes) is 1. The highest BCUT2D eigenvalue weighted by atomic mass is 16.5. The normalized spacial score (nSPS) is 10.9. The van der Waals surface area contributed by atoms with Crippen molar-refractivity contribution in [3.8, 4) is 23.1 Å². The van der Waals surface area contributed by atoms with E-state index in [0.29, 0.717) is 29.1 Å². The lowest BCUT2D eigenvalue weighted by Gasteiger charge is -2.14. The molecule has 0 radical (unpaired) electrons. The molecule has 0 unspecified atom stereocenters. The van der Waals surface area contributed by atoms with Crippen molar-refractivity contribution in [2.24, 2.45) is 0 Å². The summed E-state index contributed by atoms with van der Waals surface area (Å²) in [4.78, 5) is 22.2. The minimum Gasteiger partial charge on any atom is -0.508 e. The number of carbonyl (C=O) groups is 1. The second-order valence-corrected chi connectivity index (χ2v) is 11.1. The number of aromatic hydroxyl groups is 1. The molecular weight excluding hydrogens is 578 g/mol. The van der Waals surface area contributed by atoms with E-state index >= 15 is 0 Å². The standard InChI is InChI=1S/C36H35N7O3/c1-4-5-8-25-22-33(43(42-25)26-13-11-23(2)12-14-26)40-36(45)39-31-17-18-32(29-10-7-6-9-28(29)31)46-34-19-20-37-35(41-34)38-30-16-15-27(44)21-24(30)3/h6-7,9-22,44H,4-5,8H2,1-3H3,(H,37,38,41)(H2,39,40,45). The van der Waals surface area contributed by atoms with Gasteiger partial charge in [-0.15, -0.1) is 0 Å². The Morgan fingerprint density at radius 1 is 0.891 bits per heavy atom. The van der Waals surface area contributed by atoms with Gasteiger partial charge in [-0.05, 0) is 74.7 Å². The number of carbonyl (C=O) groups excluding carboxylic acids is 1. The molecule has 4 N–H and O–H groups in total. The highest BCUT2D eigenvalue weighted by Gasteiger charge is 2.15. The third-order valence-electron chi connectivity index (χ3n) is 7.50. The number of aromatic nitrogens is 4. The number of ether oxygens (including phenoxy) is 1. The number of amides is 2. The molecule has 0 fully saturated rings. The third kappa shape index (κ3) is 6.91. The van der Waals surface area contributed by atoms with E-state index in [1.165, 1.54) is 0 Å². The molecule has 2 amide bonds. The Kier molecular flexibility index (Phi) is 8.78. The first kappa shape index (κ1) is 30.1. The van der Waals surface area contributed by atoms with Gasteiger partial charge in [0.1, 0.15) is 17.3 Å². The molecule has 2 aromatic heterocycles. The first-order valence-electron chi connectivity index (χ1n) is 15.2. The number of anilines is 4. The van der Waals surface area contributed by atoms with E-state index in [-0.39, 0.29) is 11.8 Å². The fourth-order valence-electron chi connectivity index (χ4n) is 5.10. The number of phenolic OH excluding ortho intramolecular Hbond substituents is 1. The zero-order valence-electron chi connectivity index (χ0n) is 25.9. The van der Waals surface area contributed by atoms with E-state index in [1.807, 2.05) is 68.4 Å². The predicted molar refractivity (Wildman–Crippen MR) is 182 cm³/mol. The second-order valence-electron chi connectivity index (χ2n) is 11.1. The van der Waals surface area contributed by atoms with Gasteiger partial charge in [0.15, 0.2) is 0 Å². The number of hydrogen-bond donors (Lipinski definition) is 4. The smallest absolute Gasteiger partial charge is 0.324 e.